The third-order valence-corrected chi connectivity index (χ3v) is 5.51. The first-order valence-corrected chi connectivity index (χ1v) is 10.7. The van der Waals surface area contributed by atoms with Crippen LogP contribution in [0.2, 0.25) is 0 Å². The number of carbonyl (C=O) groups is 2. The average molecular weight is 415 g/mol. The van der Waals surface area contributed by atoms with Crippen LogP contribution in [0.1, 0.15) is 31.9 Å². The van der Waals surface area contributed by atoms with Gasteiger partial charge < -0.3 is 15.8 Å². The molecule has 0 heterocycles. The zero-order valence-electron chi connectivity index (χ0n) is 17.3. The van der Waals surface area contributed by atoms with Gasteiger partial charge in [-0.1, -0.05) is 81.4 Å². The quantitative estimate of drug-likeness (QED) is 0.615. The van der Waals surface area contributed by atoms with E-state index in [0.29, 0.717) is 12.2 Å². The van der Waals surface area contributed by atoms with Crippen molar-refractivity contribution in [3.8, 4) is 0 Å². The number of hydrogen-bond donors (Lipinski definition) is 2. The van der Waals surface area contributed by atoms with Gasteiger partial charge in [-0.2, -0.15) is 11.8 Å². The van der Waals surface area contributed by atoms with Crippen molar-refractivity contribution in [3.05, 3.63) is 71.8 Å². The van der Waals surface area contributed by atoms with Crippen LogP contribution in [-0.4, -0.2) is 34.5 Å². The highest BCUT2D eigenvalue weighted by Crippen LogP contribution is 2.24. The van der Waals surface area contributed by atoms with Crippen molar-refractivity contribution < 1.29 is 14.3 Å². The van der Waals surface area contributed by atoms with Gasteiger partial charge in [-0.15, -0.1) is 0 Å². The molecule has 2 aromatic rings. The second kappa shape index (κ2) is 11.0. The Labute approximate surface area is 177 Å². The summed E-state index contributed by atoms with van der Waals surface area (Å²) in [4.78, 5) is 25.3. The zero-order chi connectivity index (χ0) is 21.3. The molecule has 2 unspecified atom stereocenters. The molecule has 2 rings (SSSR count). The molecule has 29 heavy (non-hydrogen) atoms. The minimum Gasteiger partial charge on any atom is -0.459 e. The van der Waals surface area contributed by atoms with Gasteiger partial charge >= 0.3 is 5.97 Å². The molecule has 3 N–H and O–H groups in total. The highest BCUT2D eigenvalue weighted by atomic mass is 32.2. The van der Waals surface area contributed by atoms with E-state index in [9.17, 15) is 9.59 Å². The summed E-state index contributed by atoms with van der Waals surface area (Å²) >= 11 is 1.59. The molecule has 0 fully saturated rings. The lowest BCUT2D eigenvalue weighted by atomic mass is 10.1. The van der Waals surface area contributed by atoms with Gasteiger partial charge in [0, 0.05) is 10.5 Å². The number of hydrogen-bond acceptors (Lipinski definition) is 5. The van der Waals surface area contributed by atoms with Crippen molar-refractivity contribution in [1.29, 1.82) is 0 Å². The molecular weight excluding hydrogens is 384 g/mol. The van der Waals surface area contributed by atoms with Crippen LogP contribution in [0.15, 0.2) is 60.7 Å². The second-order valence-electron chi connectivity index (χ2n) is 7.87. The lowest BCUT2D eigenvalue weighted by Gasteiger charge is -2.24. The summed E-state index contributed by atoms with van der Waals surface area (Å²) < 4.78 is 5.40. The Balaban J connectivity index is 1.98. The summed E-state index contributed by atoms with van der Waals surface area (Å²) in [5.41, 5.74) is 7.95. The van der Waals surface area contributed by atoms with Crippen LogP contribution in [-0.2, 0) is 27.4 Å². The highest BCUT2D eigenvalue weighted by molar-refractivity contribution is 8.00. The number of amides is 1. The summed E-state index contributed by atoms with van der Waals surface area (Å²) in [6.45, 7) is 6.36. The topological polar surface area (TPSA) is 81.4 Å². The minimum atomic E-state index is -0.753. The third-order valence-electron chi connectivity index (χ3n) is 4.14. The van der Waals surface area contributed by atoms with Crippen molar-refractivity contribution in [3.63, 3.8) is 0 Å². The third kappa shape index (κ3) is 8.71. The predicted molar refractivity (Wildman–Crippen MR) is 119 cm³/mol. The first-order valence-electron chi connectivity index (χ1n) is 9.69. The fourth-order valence-electron chi connectivity index (χ4n) is 2.57. The Morgan fingerprint density at radius 2 is 1.55 bits per heavy atom. The first-order chi connectivity index (χ1) is 13.7. The van der Waals surface area contributed by atoms with E-state index in [0.717, 1.165) is 11.1 Å². The number of carbonyl (C=O) groups excluding carboxylic acids is 2. The molecule has 0 aliphatic rings. The number of rotatable bonds is 9. The smallest absolute Gasteiger partial charge is 0.329 e. The second-order valence-corrected chi connectivity index (χ2v) is 9.72. The van der Waals surface area contributed by atoms with E-state index >= 15 is 0 Å². The lowest BCUT2D eigenvalue weighted by Crippen LogP contribution is -2.51. The fourth-order valence-corrected chi connectivity index (χ4v) is 3.46. The van der Waals surface area contributed by atoms with Crippen LogP contribution in [0.3, 0.4) is 0 Å². The number of benzene rings is 2. The zero-order valence-corrected chi connectivity index (χ0v) is 18.1. The van der Waals surface area contributed by atoms with Crippen LogP contribution in [0.4, 0.5) is 0 Å². The summed E-state index contributed by atoms with van der Waals surface area (Å²) in [5.74, 6) is -0.392. The molecule has 0 saturated heterocycles. The maximum absolute atomic E-state index is 12.7. The van der Waals surface area contributed by atoms with Gasteiger partial charge in [-0.25, -0.2) is 4.79 Å². The van der Waals surface area contributed by atoms with Gasteiger partial charge in [0.05, 0.1) is 6.04 Å². The maximum Gasteiger partial charge on any atom is 0.329 e. The predicted octanol–water partition coefficient (Wildman–Crippen LogP) is 3.32. The lowest BCUT2D eigenvalue weighted by molar-refractivity contribution is -0.148. The van der Waals surface area contributed by atoms with E-state index in [-0.39, 0.29) is 17.3 Å². The Bertz CT molecular complexity index is 776. The molecule has 1 amide bonds. The molecule has 0 aromatic heterocycles. The van der Waals surface area contributed by atoms with Crippen LogP contribution in [0, 0.1) is 0 Å². The first kappa shape index (κ1) is 23.0. The number of nitrogens with one attached hydrogen (secondary N) is 1. The van der Waals surface area contributed by atoms with Crippen LogP contribution < -0.4 is 11.1 Å². The Hall–Kier alpha value is -2.31. The Morgan fingerprint density at radius 1 is 1.00 bits per heavy atom. The van der Waals surface area contributed by atoms with E-state index in [2.05, 4.69) is 26.1 Å². The summed E-state index contributed by atoms with van der Waals surface area (Å²) in [6.07, 6.45) is 0.408. The normalized spacial score (nSPS) is 13.4. The minimum absolute atomic E-state index is 0.0468. The number of ether oxygens (including phenoxy) is 1. The van der Waals surface area contributed by atoms with Gasteiger partial charge in [0.25, 0.3) is 0 Å². The number of esters is 1. The summed E-state index contributed by atoms with van der Waals surface area (Å²) in [6, 6.07) is 17.6. The van der Waals surface area contributed by atoms with Crippen molar-refractivity contribution in [2.45, 2.75) is 50.6 Å². The van der Waals surface area contributed by atoms with E-state index in [1.807, 2.05) is 60.7 Å². The average Bonchev–Trinajstić information content (AvgIpc) is 2.70. The molecule has 156 valence electrons. The van der Waals surface area contributed by atoms with Gasteiger partial charge in [-0.05, 0) is 17.5 Å². The summed E-state index contributed by atoms with van der Waals surface area (Å²) in [7, 11) is 0. The standard InChI is InChI=1S/C23H30N2O3S/c1-23(2,3)29-16-20(22(27)28-15-18-12-8-5-9-13-18)25-21(26)19(24)14-17-10-6-4-7-11-17/h4-13,19-20H,14-16,24H2,1-3H3,(H,25,26). The molecule has 0 aliphatic carbocycles. The highest BCUT2D eigenvalue weighted by Gasteiger charge is 2.27. The maximum atomic E-state index is 12.7. The van der Waals surface area contributed by atoms with Crippen molar-refractivity contribution in [2.24, 2.45) is 5.73 Å². The monoisotopic (exact) mass is 414 g/mol. The SMILES string of the molecule is CC(C)(C)SCC(NC(=O)C(N)Cc1ccccc1)C(=O)OCc1ccccc1. The molecule has 0 bridgehead atoms. The van der Waals surface area contributed by atoms with Crippen LogP contribution >= 0.6 is 11.8 Å². The van der Waals surface area contributed by atoms with Gasteiger partial charge in [0.1, 0.15) is 12.6 Å². The Morgan fingerprint density at radius 3 is 2.10 bits per heavy atom. The van der Waals surface area contributed by atoms with Crippen molar-refractivity contribution >= 4 is 23.6 Å². The van der Waals surface area contributed by atoms with Crippen LogP contribution in [0.5, 0.6) is 0 Å². The number of thioether (sulfide) groups is 1. The van der Waals surface area contributed by atoms with Gasteiger partial charge in [-0.3, -0.25) is 4.79 Å². The van der Waals surface area contributed by atoms with Gasteiger partial charge in [0.15, 0.2) is 0 Å². The van der Waals surface area contributed by atoms with E-state index in [1.165, 1.54) is 0 Å². The molecule has 0 aliphatic heterocycles. The molecule has 0 radical (unpaired) electrons. The molecule has 2 aromatic carbocycles. The molecule has 2 atom stereocenters. The van der Waals surface area contributed by atoms with Crippen LogP contribution in [0.25, 0.3) is 0 Å². The largest absolute Gasteiger partial charge is 0.459 e. The Kier molecular flexibility index (Phi) is 8.73. The molecule has 0 spiro atoms. The van der Waals surface area contributed by atoms with E-state index in [1.54, 1.807) is 11.8 Å². The van der Waals surface area contributed by atoms with Crippen molar-refractivity contribution in [2.75, 3.05) is 5.75 Å². The number of nitrogens with two attached hydrogens (primary N) is 1. The van der Waals surface area contributed by atoms with E-state index in [4.69, 9.17) is 10.5 Å². The summed E-state index contributed by atoms with van der Waals surface area (Å²) in [5, 5.41) is 2.79. The molecule has 6 heteroatoms. The molecular formula is C23H30N2O3S. The molecule has 5 nitrogen and oxygen atoms in total. The molecule has 0 saturated carbocycles. The fraction of sp³-hybridized carbons (Fsp3) is 0.391. The van der Waals surface area contributed by atoms with Gasteiger partial charge in [0.2, 0.25) is 5.91 Å². The van der Waals surface area contributed by atoms with E-state index < -0.39 is 18.1 Å². The van der Waals surface area contributed by atoms with Crippen molar-refractivity contribution in [1.82, 2.24) is 5.32 Å².